The predicted octanol–water partition coefficient (Wildman–Crippen LogP) is 2.25. The van der Waals surface area contributed by atoms with Gasteiger partial charge < -0.3 is 15.0 Å². The zero-order valence-corrected chi connectivity index (χ0v) is 16.3. The number of hydrogen-bond donors (Lipinski definition) is 2. The number of amides is 3. The minimum Gasteiger partial charge on any atom is -0.452 e. The van der Waals surface area contributed by atoms with Crippen LogP contribution in [0.5, 0.6) is 0 Å². The summed E-state index contributed by atoms with van der Waals surface area (Å²) in [7, 11) is 2.07. The number of rotatable bonds is 4. The van der Waals surface area contributed by atoms with E-state index in [0.717, 1.165) is 24.9 Å². The van der Waals surface area contributed by atoms with Gasteiger partial charge >= 0.3 is 12.0 Å². The molecule has 1 aliphatic rings. The van der Waals surface area contributed by atoms with Crippen molar-refractivity contribution < 1.29 is 19.1 Å². The summed E-state index contributed by atoms with van der Waals surface area (Å²) in [6.45, 7) is 5.90. The van der Waals surface area contributed by atoms with Crippen LogP contribution in [-0.4, -0.2) is 43.6 Å². The maximum absolute atomic E-state index is 11.8. The van der Waals surface area contributed by atoms with Crippen LogP contribution in [0, 0.1) is 0 Å². The van der Waals surface area contributed by atoms with Crippen LogP contribution in [0.25, 0.3) is 6.08 Å². The summed E-state index contributed by atoms with van der Waals surface area (Å²) in [6.07, 6.45) is 5.05. The van der Waals surface area contributed by atoms with Crippen LogP contribution in [0.4, 0.5) is 10.5 Å². The van der Waals surface area contributed by atoms with E-state index in [4.69, 9.17) is 4.74 Å². The van der Waals surface area contributed by atoms with E-state index < -0.39 is 30.1 Å². The second kappa shape index (κ2) is 8.70. The molecule has 0 spiro atoms. The number of nitrogens with zero attached hydrogens (tertiary/aromatic N) is 1. The molecule has 1 heterocycles. The van der Waals surface area contributed by atoms with Crippen molar-refractivity contribution in [3.8, 4) is 0 Å². The Kier molecular flexibility index (Phi) is 6.60. The van der Waals surface area contributed by atoms with E-state index in [0.29, 0.717) is 0 Å². The largest absolute Gasteiger partial charge is 0.452 e. The molecular formula is C20H27N3O4. The van der Waals surface area contributed by atoms with Gasteiger partial charge in [0.2, 0.25) is 0 Å². The third-order valence-electron chi connectivity index (χ3n) is 3.95. The molecule has 0 unspecified atom stereocenters. The van der Waals surface area contributed by atoms with Crippen LogP contribution >= 0.6 is 0 Å². The lowest BCUT2D eigenvalue weighted by Gasteiger charge is -2.27. The van der Waals surface area contributed by atoms with Crippen molar-refractivity contribution in [1.82, 2.24) is 10.6 Å². The Morgan fingerprint density at radius 1 is 1.26 bits per heavy atom. The van der Waals surface area contributed by atoms with E-state index in [1.165, 1.54) is 17.3 Å². The topological polar surface area (TPSA) is 87.7 Å². The summed E-state index contributed by atoms with van der Waals surface area (Å²) in [5.41, 5.74) is 2.90. The standard InChI is InChI=1S/C20H27N3O4/c1-20(2,3)22-19(26)21-17(24)13-27-18(25)10-8-14-7-9-16-15(12-14)6-5-11-23(16)4/h7-10,12H,5-6,11,13H2,1-4H3,(H2,21,22,24,26)/b10-8+. The smallest absolute Gasteiger partial charge is 0.331 e. The molecular weight excluding hydrogens is 346 g/mol. The molecule has 146 valence electrons. The van der Waals surface area contributed by atoms with Gasteiger partial charge in [-0.2, -0.15) is 0 Å². The molecule has 2 rings (SSSR count). The lowest BCUT2D eigenvalue weighted by molar-refractivity contribution is -0.143. The lowest BCUT2D eigenvalue weighted by Crippen LogP contribution is -2.49. The van der Waals surface area contributed by atoms with E-state index in [1.54, 1.807) is 26.8 Å². The van der Waals surface area contributed by atoms with Gasteiger partial charge in [-0.1, -0.05) is 6.07 Å². The number of urea groups is 1. The highest BCUT2D eigenvalue weighted by atomic mass is 16.5. The van der Waals surface area contributed by atoms with Gasteiger partial charge in [0.25, 0.3) is 5.91 Å². The predicted molar refractivity (Wildman–Crippen MR) is 104 cm³/mol. The normalized spacial score (nSPS) is 13.9. The fraction of sp³-hybridized carbons (Fsp3) is 0.450. The molecule has 7 nitrogen and oxygen atoms in total. The molecule has 0 atom stereocenters. The SMILES string of the molecule is CN1CCCc2cc(/C=C/C(=O)OCC(=O)NC(=O)NC(C)(C)C)ccc21. The van der Waals surface area contributed by atoms with E-state index >= 15 is 0 Å². The van der Waals surface area contributed by atoms with Crippen molar-refractivity contribution in [2.75, 3.05) is 25.1 Å². The molecule has 1 aromatic carbocycles. The number of anilines is 1. The summed E-state index contributed by atoms with van der Waals surface area (Å²) in [5, 5.41) is 4.69. The van der Waals surface area contributed by atoms with Gasteiger partial charge in [0.1, 0.15) is 0 Å². The Labute approximate surface area is 159 Å². The molecule has 7 heteroatoms. The van der Waals surface area contributed by atoms with Gasteiger partial charge in [0.15, 0.2) is 6.61 Å². The molecule has 0 radical (unpaired) electrons. The summed E-state index contributed by atoms with van der Waals surface area (Å²) >= 11 is 0. The first kappa shape index (κ1) is 20.5. The Bertz CT molecular complexity index is 750. The number of aryl methyl sites for hydroxylation is 1. The third-order valence-corrected chi connectivity index (χ3v) is 3.95. The van der Waals surface area contributed by atoms with Crippen molar-refractivity contribution in [3.05, 3.63) is 35.4 Å². The second-order valence-electron chi connectivity index (χ2n) is 7.61. The minimum atomic E-state index is -0.685. The summed E-state index contributed by atoms with van der Waals surface area (Å²) < 4.78 is 4.86. The van der Waals surface area contributed by atoms with E-state index in [1.807, 2.05) is 12.1 Å². The highest BCUT2D eigenvalue weighted by molar-refractivity contribution is 5.96. The molecule has 0 aliphatic carbocycles. The van der Waals surface area contributed by atoms with Crippen molar-refractivity contribution in [1.29, 1.82) is 0 Å². The van der Waals surface area contributed by atoms with Gasteiger partial charge in [0.05, 0.1) is 0 Å². The van der Waals surface area contributed by atoms with Crippen LogP contribution < -0.4 is 15.5 Å². The molecule has 0 saturated heterocycles. The van der Waals surface area contributed by atoms with Crippen LogP contribution in [0.3, 0.4) is 0 Å². The maximum atomic E-state index is 11.8. The molecule has 3 amide bonds. The highest BCUT2D eigenvalue weighted by Gasteiger charge is 2.16. The number of fused-ring (bicyclic) bond motifs is 1. The Morgan fingerprint density at radius 2 is 2.00 bits per heavy atom. The number of hydrogen-bond acceptors (Lipinski definition) is 5. The third kappa shape index (κ3) is 6.77. The zero-order valence-electron chi connectivity index (χ0n) is 16.3. The highest BCUT2D eigenvalue weighted by Crippen LogP contribution is 2.27. The fourth-order valence-electron chi connectivity index (χ4n) is 2.79. The summed E-state index contributed by atoms with van der Waals surface area (Å²) in [6, 6.07) is 5.41. The van der Waals surface area contributed by atoms with Crippen LogP contribution in [-0.2, 0) is 20.7 Å². The number of carbonyl (C=O) groups excluding carboxylic acids is 3. The number of esters is 1. The second-order valence-corrected chi connectivity index (χ2v) is 7.61. The molecule has 0 fully saturated rings. The quantitative estimate of drug-likeness (QED) is 0.624. The average molecular weight is 373 g/mol. The number of ether oxygens (including phenoxy) is 1. The number of imide groups is 1. The van der Waals surface area contributed by atoms with Gasteiger partial charge in [-0.05, 0) is 62.9 Å². The van der Waals surface area contributed by atoms with Crippen molar-refractivity contribution in [2.45, 2.75) is 39.2 Å². The minimum absolute atomic E-state index is 0.465. The van der Waals surface area contributed by atoms with Crippen LogP contribution in [0.1, 0.15) is 38.3 Å². The molecule has 1 aliphatic heterocycles. The van der Waals surface area contributed by atoms with E-state index in [-0.39, 0.29) is 0 Å². The number of benzene rings is 1. The Hall–Kier alpha value is -2.83. The number of carbonyl (C=O) groups is 3. The molecule has 0 saturated carbocycles. The Balaban J connectivity index is 1.82. The maximum Gasteiger partial charge on any atom is 0.331 e. The van der Waals surface area contributed by atoms with Gasteiger partial charge in [0, 0.05) is 30.9 Å². The molecule has 0 aromatic heterocycles. The summed E-state index contributed by atoms with van der Waals surface area (Å²) in [4.78, 5) is 37.2. The van der Waals surface area contributed by atoms with E-state index in [2.05, 4.69) is 28.6 Å². The van der Waals surface area contributed by atoms with Crippen molar-refractivity contribution in [2.24, 2.45) is 0 Å². The first-order valence-electron chi connectivity index (χ1n) is 8.95. The van der Waals surface area contributed by atoms with Gasteiger partial charge in [-0.3, -0.25) is 10.1 Å². The zero-order chi connectivity index (χ0) is 20.0. The van der Waals surface area contributed by atoms with Gasteiger partial charge in [-0.25, -0.2) is 9.59 Å². The molecule has 2 N–H and O–H groups in total. The van der Waals surface area contributed by atoms with Crippen LogP contribution in [0.15, 0.2) is 24.3 Å². The fourth-order valence-corrected chi connectivity index (χ4v) is 2.79. The lowest BCUT2D eigenvalue weighted by atomic mass is 9.99. The molecule has 1 aromatic rings. The summed E-state index contributed by atoms with van der Waals surface area (Å²) in [5.74, 6) is -1.33. The molecule has 27 heavy (non-hydrogen) atoms. The van der Waals surface area contributed by atoms with E-state index in [9.17, 15) is 14.4 Å². The van der Waals surface area contributed by atoms with Gasteiger partial charge in [-0.15, -0.1) is 0 Å². The van der Waals surface area contributed by atoms with Crippen molar-refractivity contribution >= 4 is 29.7 Å². The van der Waals surface area contributed by atoms with Crippen molar-refractivity contribution in [3.63, 3.8) is 0 Å². The first-order valence-corrected chi connectivity index (χ1v) is 8.95. The number of nitrogens with one attached hydrogen (secondary N) is 2. The molecule has 0 bridgehead atoms. The Morgan fingerprint density at radius 3 is 2.70 bits per heavy atom. The van der Waals surface area contributed by atoms with Crippen LogP contribution in [0.2, 0.25) is 0 Å². The first-order chi connectivity index (χ1) is 12.6. The average Bonchev–Trinajstić information content (AvgIpc) is 2.56. The monoisotopic (exact) mass is 373 g/mol.